The van der Waals surface area contributed by atoms with Crippen LogP contribution in [-0.2, 0) is 4.74 Å². The summed E-state index contributed by atoms with van der Waals surface area (Å²) in [5.41, 5.74) is 1.27. The molecule has 39 heavy (non-hydrogen) atoms. The SMILES string of the molecule is [2H]C([2H])([2H])N1C(=O)c2cccc(OC(F)F)c2[C@H]2C[C@@H]1c1nc3ccc(C#CCN(CC)C(=O)OC(C)(C)C)cc3n12. The molecular weight excluding hydrogens is 506 g/mol. The molecule has 2 aliphatic heterocycles. The zero-order valence-corrected chi connectivity index (χ0v) is 22.0. The Morgan fingerprint density at radius 2 is 2.08 bits per heavy atom. The monoisotopic (exact) mass is 539 g/mol. The number of amides is 2. The van der Waals surface area contributed by atoms with E-state index < -0.39 is 43.3 Å². The molecule has 8 nitrogen and oxygen atoms in total. The Bertz CT molecular complexity index is 1620. The molecule has 0 fully saturated rings. The Balaban J connectivity index is 1.58. The third kappa shape index (κ3) is 4.89. The van der Waals surface area contributed by atoms with E-state index in [0.717, 1.165) is 4.90 Å². The molecule has 3 heterocycles. The van der Waals surface area contributed by atoms with Gasteiger partial charge in [0.15, 0.2) is 0 Å². The molecule has 0 unspecified atom stereocenters. The molecular formula is C29H30F2N4O4. The summed E-state index contributed by atoms with van der Waals surface area (Å²) in [6, 6.07) is 7.80. The number of benzene rings is 2. The number of carbonyl (C=O) groups is 2. The highest BCUT2D eigenvalue weighted by molar-refractivity contribution is 5.97. The van der Waals surface area contributed by atoms with Gasteiger partial charge < -0.3 is 18.9 Å². The molecule has 0 saturated heterocycles. The fraction of sp³-hybridized carbons (Fsp3) is 0.414. The van der Waals surface area contributed by atoms with Gasteiger partial charge >= 0.3 is 12.7 Å². The third-order valence-electron chi connectivity index (χ3n) is 6.69. The van der Waals surface area contributed by atoms with Crippen LogP contribution in [0.1, 0.15) is 77.6 Å². The number of carbonyl (C=O) groups excluding carboxylic acids is 2. The minimum Gasteiger partial charge on any atom is -0.444 e. The van der Waals surface area contributed by atoms with Gasteiger partial charge in [-0.2, -0.15) is 8.78 Å². The van der Waals surface area contributed by atoms with Crippen molar-refractivity contribution in [1.29, 1.82) is 0 Å². The molecule has 0 N–H and O–H groups in total. The average Bonchev–Trinajstić information content (AvgIpc) is 3.37. The van der Waals surface area contributed by atoms with Crippen molar-refractivity contribution >= 4 is 23.0 Å². The number of ether oxygens (including phenoxy) is 2. The molecule has 0 spiro atoms. The lowest BCUT2D eigenvalue weighted by molar-refractivity contribution is -0.0507. The lowest BCUT2D eigenvalue weighted by Crippen LogP contribution is -2.36. The predicted octanol–water partition coefficient (Wildman–Crippen LogP) is 5.37. The van der Waals surface area contributed by atoms with E-state index in [1.54, 1.807) is 43.5 Å². The maximum Gasteiger partial charge on any atom is 0.411 e. The van der Waals surface area contributed by atoms with E-state index in [1.807, 2.05) is 6.92 Å². The lowest BCUT2D eigenvalue weighted by Gasteiger charge is -2.25. The van der Waals surface area contributed by atoms with Gasteiger partial charge in [0.05, 0.1) is 29.7 Å². The Morgan fingerprint density at radius 3 is 2.77 bits per heavy atom. The topological polar surface area (TPSA) is 76.9 Å². The second-order valence-electron chi connectivity index (χ2n) is 10.4. The number of aromatic nitrogens is 2. The molecule has 0 saturated carbocycles. The third-order valence-corrected chi connectivity index (χ3v) is 6.69. The van der Waals surface area contributed by atoms with Crippen molar-refractivity contribution in [3.8, 4) is 17.6 Å². The van der Waals surface area contributed by atoms with Gasteiger partial charge in [-0.3, -0.25) is 9.69 Å². The number of alkyl halides is 2. The molecule has 3 aromatic rings. The van der Waals surface area contributed by atoms with E-state index >= 15 is 0 Å². The molecule has 0 aliphatic carbocycles. The highest BCUT2D eigenvalue weighted by atomic mass is 19.3. The van der Waals surface area contributed by atoms with E-state index in [0.29, 0.717) is 29.0 Å². The maximum absolute atomic E-state index is 13.5. The highest BCUT2D eigenvalue weighted by Crippen LogP contribution is 2.49. The first-order valence-corrected chi connectivity index (χ1v) is 12.6. The minimum atomic E-state index is -3.14. The maximum atomic E-state index is 13.5. The van der Waals surface area contributed by atoms with Crippen LogP contribution in [0.25, 0.3) is 11.0 Å². The standard InChI is InChI=1S/C29H30F2N4O4/c1-6-34(28(37)39-29(2,3)4)14-8-9-17-12-13-19-20(15-17)35-21-16-22(25(35)32-19)33(5)26(36)18-10-7-11-23(24(18)21)38-27(30)31/h7,10-13,15,21-22,27H,6,14,16H2,1-5H3/t21-,22-/m1/s1/i5D3. The fourth-order valence-electron chi connectivity index (χ4n) is 5.06. The molecule has 2 aromatic carbocycles. The summed E-state index contributed by atoms with van der Waals surface area (Å²) < 4.78 is 63.2. The van der Waals surface area contributed by atoms with E-state index in [1.165, 1.54) is 23.1 Å². The summed E-state index contributed by atoms with van der Waals surface area (Å²) in [7, 11) is 0. The number of hydrogen-bond donors (Lipinski definition) is 0. The molecule has 5 rings (SSSR count). The van der Waals surface area contributed by atoms with Gasteiger partial charge in [0.2, 0.25) is 0 Å². The molecule has 2 bridgehead atoms. The van der Waals surface area contributed by atoms with E-state index in [2.05, 4.69) is 16.8 Å². The number of fused-ring (bicyclic) bond motifs is 9. The zero-order valence-electron chi connectivity index (χ0n) is 25.0. The molecule has 1 aromatic heterocycles. The van der Waals surface area contributed by atoms with Gasteiger partial charge in [0, 0.05) is 40.7 Å². The largest absolute Gasteiger partial charge is 0.444 e. The van der Waals surface area contributed by atoms with Gasteiger partial charge in [-0.1, -0.05) is 17.9 Å². The lowest BCUT2D eigenvalue weighted by atomic mass is 9.97. The van der Waals surface area contributed by atoms with Crippen LogP contribution in [-0.4, -0.2) is 63.6 Å². The Labute approximate surface area is 229 Å². The van der Waals surface area contributed by atoms with Crippen molar-refractivity contribution in [2.75, 3.05) is 20.1 Å². The number of nitrogens with zero attached hydrogens (tertiary/aromatic N) is 4. The van der Waals surface area contributed by atoms with Gasteiger partial charge in [-0.05, 0) is 58.0 Å². The normalized spacial score (nSPS) is 19.3. The van der Waals surface area contributed by atoms with Gasteiger partial charge in [-0.15, -0.1) is 0 Å². The zero-order chi connectivity index (χ0) is 30.6. The first kappa shape index (κ1) is 22.8. The quantitative estimate of drug-likeness (QED) is 0.417. The van der Waals surface area contributed by atoms with Gasteiger partial charge in [-0.25, -0.2) is 9.78 Å². The second kappa shape index (κ2) is 9.88. The first-order chi connectivity index (χ1) is 19.7. The second-order valence-corrected chi connectivity index (χ2v) is 10.4. The Morgan fingerprint density at radius 1 is 1.28 bits per heavy atom. The summed E-state index contributed by atoms with van der Waals surface area (Å²) in [6.45, 7) is 1.77. The number of imidazole rings is 1. The van der Waals surface area contributed by atoms with Crippen LogP contribution < -0.4 is 4.74 Å². The average molecular weight is 540 g/mol. The smallest absolute Gasteiger partial charge is 0.411 e. The van der Waals surface area contributed by atoms with E-state index in [4.69, 9.17) is 13.6 Å². The molecule has 2 atom stereocenters. The van der Waals surface area contributed by atoms with Crippen LogP contribution in [0.2, 0.25) is 0 Å². The summed E-state index contributed by atoms with van der Waals surface area (Å²) in [6.07, 6.45) is -0.350. The van der Waals surface area contributed by atoms with E-state index in [-0.39, 0.29) is 29.8 Å². The van der Waals surface area contributed by atoms with Gasteiger partial charge in [0.1, 0.15) is 17.2 Å². The van der Waals surface area contributed by atoms with Crippen LogP contribution in [0.15, 0.2) is 36.4 Å². The van der Waals surface area contributed by atoms with Crippen molar-refractivity contribution in [2.45, 2.75) is 58.4 Å². The molecule has 0 radical (unpaired) electrons. The molecule has 2 amide bonds. The number of halogens is 2. The minimum absolute atomic E-state index is 0.0120. The van der Waals surface area contributed by atoms with Crippen LogP contribution in [0, 0.1) is 11.8 Å². The summed E-state index contributed by atoms with van der Waals surface area (Å²) in [4.78, 5) is 32.9. The van der Waals surface area contributed by atoms with Crippen molar-refractivity contribution in [3.63, 3.8) is 0 Å². The Kier molecular flexibility index (Phi) is 5.78. The fourth-order valence-corrected chi connectivity index (χ4v) is 5.06. The van der Waals surface area contributed by atoms with Crippen LogP contribution in [0.4, 0.5) is 13.6 Å². The van der Waals surface area contributed by atoms with Crippen LogP contribution in [0.5, 0.6) is 5.75 Å². The predicted molar refractivity (Wildman–Crippen MR) is 141 cm³/mol. The highest BCUT2D eigenvalue weighted by Gasteiger charge is 2.45. The number of rotatable bonds is 4. The van der Waals surface area contributed by atoms with Crippen molar-refractivity contribution in [2.24, 2.45) is 0 Å². The summed E-state index contributed by atoms with van der Waals surface area (Å²) in [5.74, 6) is 5.39. The molecule has 2 aliphatic rings. The van der Waals surface area contributed by atoms with Crippen molar-refractivity contribution < 1.29 is 32.0 Å². The Hall–Kier alpha value is -4.13. The molecule has 204 valence electrons. The van der Waals surface area contributed by atoms with Crippen LogP contribution >= 0.6 is 0 Å². The first-order valence-electron chi connectivity index (χ1n) is 14.1. The van der Waals surface area contributed by atoms with Crippen LogP contribution in [0.3, 0.4) is 0 Å². The number of hydrogen-bond acceptors (Lipinski definition) is 5. The van der Waals surface area contributed by atoms with E-state index in [9.17, 15) is 18.4 Å². The van der Waals surface area contributed by atoms with Crippen molar-refractivity contribution in [1.82, 2.24) is 19.4 Å². The summed E-state index contributed by atoms with van der Waals surface area (Å²) >= 11 is 0. The van der Waals surface area contributed by atoms with Gasteiger partial charge in [0.25, 0.3) is 5.91 Å². The van der Waals surface area contributed by atoms with Crippen molar-refractivity contribution in [3.05, 3.63) is 58.9 Å². The summed E-state index contributed by atoms with van der Waals surface area (Å²) in [5, 5.41) is 0. The molecule has 10 heteroatoms.